The molecule has 1 heterocycles. The number of aromatic amines is 1. The molecule has 0 aliphatic rings. The number of nitrogens with one attached hydrogen (secondary N) is 1. The second kappa shape index (κ2) is 8.98. The van der Waals surface area contributed by atoms with Gasteiger partial charge in [0.15, 0.2) is 6.29 Å². The number of carbonyl (C=O) groups excluding carboxylic acids is 1. The van der Waals surface area contributed by atoms with Crippen molar-refractivity contribution in [2.24, 2.45) is 0 Å². The maximum Gasteiger partial charge on any atom is 0.153 e. The molecule has 3 aromatic carbocycles. The van der Waals surface area contributed by atoms with Gasteiger partial charge in [0.25, 0.3) is 0 Å². The SMILES string of the molecule is CCc1cc(-c2nc(-c3ccc(OC)cc3)c(-c3ccc(OC)cc3)[nH]2)cc(C=O)c1O. The number of aromatic hydroxyl groups is 1. The summed E-state index contributed by atoms with van der Waals surface area (Å²) in [7, 11) is 3.26. The zero-order chi connectivity index (χ0) is 22.7. The van der Waals surface area contributed by atoms with Gasteiger partial charge in [0.2, 0.25) is 0 Å². The van der Waals surface area contributed by atoms with Gasteiger partial charge in [0, 0.05) is 16.7 Å². The fraction of sp³-hybridized carbons (Fsp3) is 0.154. The van der Waals surface area contributed by atoms with E-state index in [1.807, 2.05) is 61.5 Å². The van der Waals surface area contributed by atoms with Gasteiger partial charge in [-0.25, -0.2) is 4.98 Å². The number of ether oxygens (including phenoxy) is 2. The van der Waals surface area contributed by atoms with Crippen molar-refractivity contribution in [2.75, 3.05) is 14.2 Å². The Morgan fingerprint density at radius 1 is 0.906 bits per heavy atom. The molecule has 0 unspecified atom stereocenters. The summed E-state index contributed by atoms with van der Waals surface area (Å²) in [5.74, 6) is 2.15. The molecule has 6 heteroatoms. The molecule has 0 aliphatic heterocycles. The largest absolute Gasteiger partial charge is 0.507 e. The smallest absolute Gasteiger partial charge is 0.153 e. The minimum atomic E-state index is 0.0172. The summed E-state index contributed by atoms with van der Waals surface area (Å²) in [5, 5.41) is 10.3. The average molecular weight is 428 g/mol. The number of rotatable bonds is 7. The van der Waals surface area contributed by atoms with Crippen LogP contribution in [0, 0.1) is 0 Å². The number of H-pyrrole nitrogens is 1. The van der Waals surface area contributed by atoms with E-state index in [1.54, 1.807) is 20.3 Å². The number of aryl methyl sites for hydroxylation is 1. The van der Waals surface area contributed by atoms with Crippen LogP contribution in [0.2, 0.25) is 0 Å². The second-order valence-electron chi connectivity index (χ2n) is 7.31. The normalized spacial score (nSPS) is 10.7. The van der Waals surface area contributed by atoms with Gasteiger partial charge in [-0.15, -0.1) is 0 Å². The fourth-order valence-corrected chi connectivity index (χ4v) is 3.65. The molecule has 0 spiro atoms. The lowest BCUT2D eigenvalue weighted by molar-refractivity contribution is 0.112. The van der Waals surface area contributed by atoms with Crippen molar-refractivity contribution in [3.8, 4) is 51.2 Å². The highest BCUT2D eigenvalue weighted by atomic mass is 16.5. The number of hydrogen-bond donors (Lipinski definition) is 2. The van der Waals surface area contributed by atoms with Crippen molar-refractivity contribution in [1.82, 2.24) is 9.97 Å². The number of hydrogen-bond acceptors (Lipinski definition) is 5. The van der Waals surface area contributed by atoms with E-state index in [9.17, 15) is 9.90 Å². The van der Waals surface area contributed by atoms with Gasteiger partial charge in [-0.1, -0.05) is 6.92 Å². The van der Waals surface area contributed by atoms with Crippen LogP contribution in [0.4, 0.5) is 0 Å². The molecular weight excluding hydrogens is 404 g/mol. The van der Waals surface area contributed by atoms with E-state index in [0.717, 1.165) is 39.6 Å². The van der Waals surface area contributed by atoms with Crippen LogP contribution in [0.5, 0.6) is 17.2 Å². The molecule has 6 nitrogen and oxygen atoms in total. The summed E-state index contributed by atoms with van der Waals surface area (Å²) in [6.45, 7) is 1.93. The van der Waals surface area contributed by atoms with E-state index < -0.39 is 0 Å². The van der Waals surface area contributed by atoms with Gasteiger partial charge < -0.3 is 19.6 Å². The zero-order valence-electron chi connectivity index (χ0n) is 18.2. The first-order valence-electron chi connectivity index (χ1n) is 10.3. The summed E-state index contributed by atoms with van der Waals surface area (Å²) >= 11 is 0. The number of phenols is 1. The van der Waals surface area contributed by atoms with Crippen molar-refractivity contribution in [3.63, 3.8) is 0 Å². The van der Waals surface area contributed by atoms with Crippen molar-refractivity contribution in [2.45, 2.75) is 13.3 Å². The number of nitrogens with zero attached hydrogens (tertiary/aromatic N) is 1. The zero-order valence-corrected chi connectivity index (χ0v) is 18.2. The Balaban J connectivity index is 1.89. The molecule has 0 saturated carbocycles. The van der Waals surface area contributed by atoms with Crippen molar-refractivity contribution < 1.29 is 19.4 Å². The number of aromatic nitrogens is 2. The Kier molecular flexibility index (Phi) is 5.94. The Morgan fingerprint density at radius 2 is 1.50 bits per heavy atom. The van der Waals surface area contributed by atoms with Gasteiger partial charge in [-0.05, 0) is 72.6 Å². The number of benzene rings is 3. The summed E-state index contributed by atoms with van der Waals surface area (Å²) < 4.78 is 10.6. The third-order valence-electron chi connectivity index (χ3n) is 5.45. The molecule has 0 atom stereocenters. The molecule has 0 bridgehead atoms. The van der Waals surface area contributed by atoms with Gasteiger partial charge >= 0.3 is 0 Å². The van der Waals surface area contributed by atoms with Gasteiger partial charge in [0.1, 0.15) is 23.1 Å². The summed E-state index contributed by atoms with van der Waals surface area (Å²) in [4.78, 5) is 19.8. The predicted octanol–water partition coefficient (Wildman–Crippen LogP) is 5.51. The van der Waals surface area contributed by atoms with E-state index in [4.69, 9.17) is 14.5 Å². The lowest BCUT2D eigenvalue weighted by atomic mass is 10.0. The lowest BCUT2D eigenvalue weighted by Crippen LogP contribution is -1.92. The molecular formula is C26H24N2O4. The Hall–Kier alpha value is -4.06. The molecule has 0 fully saturated rings. The van der Waals surface area contributed by atoms with Crippen LogP contribution in [0.1, 0.15) is 22.8 Å². The standard InChI is InChI=1S/C26H24N2O4/c1-4-16-13-19(14-20(15-29)25(16)30)26-27-23(17-5-9-21(31-2)10-6-17)24(28-26)18-7-11-22(32-3)12-8-18/h5-15,30H,4H2,1-3H3,(H,27,28). The van der Waals surface area contributed by atoms with E-state index in [-0.39, 0.29) is 11.3 Å². The maximum atomic E-state index is 11.5. The first-order chi connectivity index (χ1) is 15.6. The van der Waals surface area contributed by atoms with E-state index >= 15 is 0 Å². The van der Waals surface area contributed by atoms with Crippen LogP contribution in [0.3, 0.4) is 0 Å². The molecule has 2 N–H and O–H groups in total. The fourth-order valence-electron chi connectivity index (χ4n) is 3.65. The monoisotopic (exact) mass is 428 g/mol. The van der Waals surface area contributed by atoms with Crippen molar-refractivity contribution in [3.05, 3.63) is 71.8 Å². The third kappa shape index (κ3) is 3.95. The number of carbonyl (C=O) groups is 1. The maximum absolute atomic E-state index is 11.5. The van der Waals surface area contributed by atoms with Crippen LogP contribution in [0.15, 0.2) is 60.7 Å². The highest BCUT2D eigenvalue weighted by molar-refractivity contribution is 5.85. The third-order valence-corrected chi connectivity index (χ3v) is 5.45. The topological polar surface area (TPSA) is 84.4 Å². The average Bonchev–Trinajstić information content (AvgIpc) is 3.29. The molecule has 4 aromatic rings. The van der Waals surface area contributed by atoms with Gasteiger partial charge in [0.05, 0.1) is 31.2 Å². The van der Waals surface area contributed by atoms with E-state index in [1.165, 1.54) is 0 Å². The molecule has 162 valence electrons. The summed E-state index contributed by atoms with van der Waals surface area (Å²) in [6, 6.07) is 18.9. The quantitative estimate of drug-likeness (QED) is 0.379. The molecule has 0 amide bonds. The van der Waals surface area contributed by atoms with E-state index in [2.05, 4.69) is 4.98 Å². The van der Waals surface area contributed by atoms with Crippen LogP contribution in [0.25, 0.3) is 33.9 Å². The van der Waals surface area contributed by atoms with Gasteiger partial charge in [-0.2, -0.15) is 0 Å². The van der Waals surface area contributed by atoms with Crippen LogP contribution >= 0.6 is 0 Å². The van der Waals surface area contributed by atoms with E-state index in [0.29, 0.717) is 24.1 Å². The Morgan fingerprint density at radius 3 is 2.03 bits per heavy atom. The van der Waals surface area contributed by atoms with Crippen molar-refractivity contribution in [1.29, 1.82) is 0 Å². The Labute approximate surface area is 186 Å². The van der Waals surface area contributed by atoms with Crippen LogP contribution in [-0.2, 0) is 6.42 Å². The second-order valence-corrected chi connectivity index (χ2v) is 7.31. The number of aldehydes is 1. The molecule has 1 aromatic heterocycles. The first kappa shape index (κ1) is 21.2. The number of phenolic OH excluding ortho intramolecular Hbond substituents is 1. The highest BCUT2D eigenvalue weighted by Crippen LogP contribution is 2.36. The number of methoxy groups -OCH3 is 2. The molecule has 0 radical (unpaired) electrons. The molecule has 0 saturated heterocycles. The highest BCUT2D eigenvalue weighted by Gasteiger charge is 2.18. The number of imidazole rings is 1. The molecule has 0 aliphatic carbocycles. The van der Waals surface area contributed by atoms with Gasteiger partial charge in [-0.3, -0.25) is 4.79 Å². The Bertz CT molecular complexity index is 1180. The molecule has 32 heavy (non-hydrogen) atoms. The predicted molar refractivity (Wildman–Crippen MR) is 124 cm³/mol. The molecule has 4 rings (SSSR count). The minimum Gasteiger partial charge on any atom is -0.507 e. The lowest BCUT2D eigenvalue weighted by Gasteiger charge is -2.07. The van der Waals surface area contributed by atoms with Crippen molar-refractivity contribution >= 4 is 6.29 Å². The summed E-state index contributed by atoms with van der Waals surface area (Å²) in [5.41, 5.74) is 5.14. The first-order valence-corrected chi connectivity index (χ1v) is 10.3. The summed E-state index contributed by atoms with van der Waals surface area (Å²) in [6.07, 6.45) is 1.26. The van der Waals surface area contributed by atoms with Crippen LogP contribution in [-0.4, -0.2) is 35.6 Å². The minimum absolute atomic E-state index is 0.0172. The van der Waals surface area contributed by atoms with Crippen LogP contribution < -0.4 is 9.47 Å².